The Morgan fingerprint density at radius 2 is 1.91 bits per heavy atom. The molecule has 1 atom stereocenters. The van der Waals surface area contributed by atoms with Gasteiger partial charge in [-0.15, -0.1) is 0 Å². The third-order valence-electron chi connectivity index (χ3n) is 6.70. The van der Waals surface area contributed by atoms with Crippen molar-refractivity contribution in [3.63, 3.8) is 0 Å². The molecule has 5 rings (SSSR count). The first-order valence-corrected chi connectivity index (χ1v) is 12.6. The molecule has 2 aliphatic rings. The summed E-state index contributed by atoms with van der Waals surface area (Å²) in [4.78, 5) is 5.53. The Morgan fingerprint density at radius 3 is 2.64 bits per heavy atom. The van der Waals surface area contributed by atoms with Gasteiger partial charge in [0.25, 0.3) is 0 Å². The summed E-state index contributed by atoms with van der Waals surface area (Å²) in [6.07, 6.45) is 3.71. The predicted octanol–water partition coefficient (Wildman–Crippen LogP) is 5.34. The van der Waals surface area contributed by atoms with E-state index in [1.807, 2.05) is 24.5 Å². The lowest BCUT2D eigenvalue weighted by molar-refractivity contribution is 0.0667. The second-order valence-electron chi connectivity index (χ2n) is 8.82. The van der Waals surface area contributed by atoms with Crippen molar-refractivity contribution in [1.29, 1.82) is 0 Å². The molecule has 0 aliphatic carbocycles. The van der Waals surface area contributed by atoms with Crippen LogP contribution < -0.4 is 4.74 Å². The molecular weight excluding hydrogens is 447 g/mol. The number of para-hydroxylation sites is 1. The summed E-state index contributed by atoms with van der Waals surface area (Å²) in [7, 11) is 0. The maximum Gasteiger partial charge on any atom is 0.135 e. The normalized spacial score (nSPS) is 19.9. The van der Waals surface area contributed by atoms with E-state index in [2.05, 4.69) is 20.3 Å². The lowest BCUT2D eigenvalue weighted by Crippen LogP contribution is -2.49. The molecule has 3 heterocycles. The topological polar surface area (TPSA) is 31.5 Å². The van der Waals surface area contributed by atoms with Gasteiger partial charge in [0.15, 0.2) is 0 Å². The molecule has 8 heteroatoms. The van der Waals surface area contributed by atoms with Crippen molar-refractivity contribution in [3.05, 3.63) is 64.9 Å². The number of fused-ring (bicyclic) bond motifs is 3. The van der Waals surface area contributed by atoms with Gasteiger partial charge in [0, 0.05) is 66.4 Å². The zero-order chi connectivity index (χ0) is 22.9. The van der Waals surface area contributed by atoms with Gasteiger partial charge in [-0.2, -0.15) is 0 Å². The Balaban J connectivity index is 1.42. The Hall–Kier alpha value is -2.16. The van der Waals surface area contributed by atoms with Crippen LogP contribution in [0.4, 0.5) is 13.2 Å². The van der Waals surface area contributed by atoms with E-state index in [0.29, 0.717) is 26.2 Å². The van der Waals surface area contributed by atoms with Crippen molar-refractivity contribution in [1.82, 2.24) is 14.2 Å². The maximum atomic E-state index is 15.4. The van der Waals surface area contributed by atoms with Crippen molar-refractivity contribution < 1.29 is 17.9 Å². The van der Waals surface area contributed by atoms with E-state index >= 15 is 8.78 Å². The van der Waals surface area contributed by atoms with Crippen LogP contribution in [0.5, 0.6) is 5.75 Å². The van der Waals surface area contributed by atoms with Gasteiger partial charge in [-0.1, -0.05) is 30.1 Å². The number of ether oxygens (including phenoxy) is 1. The van der Waals surface area contributed by atoms with Crippen molar-refractivity contribution in [2.45, 2.75) is 18.9 Å². The fourth-order valence-corrected chi connectivity index (χ4v) is 5.78. The van der Waals surface area contributed by atoms with E-state index in [1.165, 1.54) is 24.1 Å². The van der Waals surface area contributed by atoms with Gasteiger partial charge in [0.1, 0.15) is 24.0 Å². The van der Waals surface area contributed by atoms with E-state index in [0.717, 1.165) is 41.5 Å². The fourth-order valence-electron chi connectivity index (χ4n) is 5.05. The number of benzene rings is 2. The van der Waals surface area contributed by atoms with Gasteiger partial charge >= 0.3 is 0 Å². The molecule has 33 heavy (non-hydrogen) atoms. The van der Waals surface area contributed by atoms with Gasteiger partial charge in [0.2, 0.25) is 0 Å². The third kappa shape index (κ3) is 4.36. The summed E-state index contributed by atoms with van der Waals surface area (Å²) in [6, 6.07) is 10.0. The highest BCUT2D eigenvalue weighted by molar-refractivity contribution is 7.96. The molecule has 0 spiro atoms. The second kappa shape index (κ2) is 9.60. The molecule has 2 aliphatic heterocycles. The highest BCUT2D eigenvalue weighted by Crippen LogP contribution is 2.42. The van der Waals surface area contributed by atoms with E-state index in [1.54, 1.807) is 0 Å². The number of hydrogen-bond acceptors (Lipinski definition) is 4. The first-order chi connectivity index (χ1) is 16.1. The number of alkyl halides is 1. The lowest BCUT2D eigenvalue weighted by atomic mass is 9.98. The van der Waals surface area contributed by atoms with E-state index in [4.69, 9.17) is 4.74 Å². The second-order valence-corrected chi connectivity index (χ2v) is 9.66. The summed E-state index contributed by atoms with van der Waals surface area (Å²) in [6.45, 7) is 2.77. The number of halogens is 3. The molecule has 0 saturated carbocycles. The van der Waals surface area contributed by atoms with E-state index in [9.17, 15) is 4.39 Å². The number of hydrogen-bond donors (Lipinski definition) is 1. The van der Waals surface area contributed by atoms with Crippen LogP contribution >= 0.6 is 11.9 Å². The van der Waals surface area contributed by atoms with Crippen LogP contribution in [0.2, 0.25) is 0 Å². The van der Waals surface area contributed by atoms with Crippen LogP contribution in [0.15, 0.2) is 36.4 Å². The first kappa shape index (κ1) is 22.6. The number of aromatic amines is 1. The Kier molecular flexibility index (Phi) is 6.58. The molecule has 4 nitrogen and oxygen atoms in total. The van der Waals surface area contributed by atoms with Crippen LogP contribution in [-0.2, 0) is 6.42 Å². The Labute approximate surface area is 196 Å². The summed E-state index contributed by atoms with van der Waals surface area (Å²) in [5.74, 6) is -0.936. The van der Waals surface area contributed by atoms with Crippen LogP contribution in [0.1, 0.15) is 29.3 Å². The fraction of sp³-hybridized carbons (Fsp3) is 0.440. The van der Waals surface area contributed by atoms with Crippen LogP contribution in [0.25, 0.3) is 10.9 Å². The summed E-state index contributed by atoms with van der Waals surface area (Å²) < 4.78 is 51.1. The minimum absolute atomic E-state index is 0.0416. The summed E-state index contributed by atoms with van der Waals surface area (Å²) in [5, 5.41) is 1.11. The zero-order valence-electron chi connectivity index (χ0n) is 18.6. The van der Waals surface area contributed by atoms with Gasteiger partial charge in [0.05, 0.1) is 12.7 Å². The molecule has 1 fully saturated rings. The lowest BCUT2D eigenvalue weighted by Gasteiger charge is -2.37. The predicted molar refractivity (Wildman–Crippen MR) is 126 cm³/mol. The van der Waals surface area contributed by atoms with Crippen LogP contribution in [-0.4, -0.2) is 59.9 Å². The van der Waals surface area contributed by atoms with Gasteiger partial charge in [-0.05, 0) is 30.7 Å². The molecule has 1 saturated heterocycles. The Bertz CT molecular complexity index is 1110. The standard InChI is InChI=1S/C25H28F3N3OS/c1-33-31-8-4-6-19-18-5-2-3-7-22(18)29-24(19)25(31)23-20(27)11-17(12-21(23)28)32-10-9-30-14-16(13-26)15-30/h2-3,5,7,11-12,16,25,29H,4,6,8-10,13-15H2,1H3. The van der Waals surface area contributed by atoms with Crippen molar-refractivity contribution in [3.8, 4) is 5.75 Å². The number of aromatic nitrogens is 1. The molecule has 0 bridgehead atoms. The molecule has 1 unspecified atom stereocenters. The minimum Gasteiger partial charge on any atom is -0.492 e. The number of nitrogens with zero attached hydrogens (tertiary/aromatic N) is 2. The van der Waals surface area contributed by atoms with Crippen molar-refractivity contribution in [2.24, 2.45) is 5.92 Å². The highest BCUT2D eigenvalue weighted by Gasteiger charge is 2.34. The first-order valence-electron chi connectivity index (χ1n) is 11.4. The SMILES string of the molecule is CSN1CCCc2c([nH]c3ccccc23)C1c1c(F)cc(OCCN2CC(CF)C2)cc1F. The minimum atomic E-state index is -0.609. The average Bonchev–Trinajstić information content (AvgIpc) is 3.04. The van der Waals surface area contributed by atoms with Gasteiger partial charge < -0.3 is 9.72 Å². The number of H-pyrrole nitrogens is 1. The molecule has 0 amide bonds. The Morgan fingerprint density at radius 1 is 1.15 bits per heavy atom. The highest BCUT2D eigenvalue weighted by atomic mass is 32.2. The summed E-state index contributed by atoms with van der Waals surface area (Å²) >= 11 is 1.50. The van der Waals surface area contributed by atoms with Gasteiger partial charge in [-0.3, -0.25) is 9.29 Å². The number of aryl methyl sites for hydroxylation is 1. The largest absolute Gasteiger partial charge is 0.492 e. The molecule has 176 valence electrons. The molecule has 3 aromatic rings. The third-order valence-corrected chi connectivity index (χ3v) is 7.56. The monoisotopic (exact) mass is 475 g/mol. The number of nitrogens with one attached hydrogen (secondary N) is 1. The molecule has 1 N–H and O–H groups in total. The van der Waals surface area contributed by atoms with E-state index < -0.39 is 17.7 Å². The van der Waals surface area contributed by atoms with E-state index in [-0.39, 0.29) is 23.9 Å². The number of likely N-dealkylation sites (tertiary alicyclic amines) is 1. The molecular formula is C25H28F3N3OS. The zero-order valence-corrected chi connectivity index (χ0v) is 19.4. The molecule has 0 radical (unpaired) electrons. The number of rotatable bonds is 7. The van der Waals surface area contributed by atoms with Gasteiger partial charge in [-0.25, -0.2) is 13.1 Å². The molecule has 2 aromatic carbocycles. The van der Waals surface area contributed by atoms with Crippen molar-refractivity contribution >= 4 is 22.9 Å². The smallest absolute Gasteiger partial charge is 0.135 e. The maximum absolute atomic E-state index is 15.4. The summed E-state index contributed by atoms with van der Waals surface area (Å²) in [5.41, 5.74) is 3.01. The van der Waals surface area contributed by atoms with Crippen LogP contribution in [0.3, 0.4) is 0 Å². The van der Waals surface area contributed by atoms with Crippen LogP contribution in [0, 0.1) is 17.6 Å². The molecule has 1 aromatic heterocycles. The van der Waals surface area contributed by atoms with Crippen molar-refractivity contribution in [2.75, 3.05) is 45.7 Å². The quantitative estimate of drug-likeness (QED) is 0.468. The average molecular weight is 476 g/mol.